The summed E-state index contributed by atoms with van der Waals surface area (Å²) in [6, 6.07) is 21.2. The molecule has 1 radical (unpaired) electrons. The third-order valence-electron chi connectivity index (χ3n) is 9.67. The van der Waals surface area contributed by atoms with Crippen molar-refractivity contribution in [1.29, 1.82) is 0 Å². The zero-order valence-electron chi connectivity index (χ0n) is 25.3. The highest BCUT2D eigenvalue weighted by atomic mass is 35.5. The molecule has 1 aliphatic carbocycles. The molecule has 1 amide bonds. The third-order valence-corrected chi connectivity index (χ3v) is 9.91. The molecule has 227 valence electrons. The van der Waals surface area contributed by atoms with Crippen molar-refractivity contribution in [2.75, 3.05) is 22.8 Å². The van der Waals surface area contributed by atoms with Crippen LogP contribution >= 0.6 is 11.6 Å². The Morgan fingerprint density at radius 2 is 1.82 bits per heavy atom. The smallest absolute Gasteiger partial charge is 0.329 e. The fourth-order valence-electron chi connectivity index (χ4n) is 7.41. The van der Waals surface area contributed by atoms with E-state index < -0.39 is 0 Å². The maximum atomic E-state index is 11.9. The van der Waals surface area contributed by atoms with Crippen molar-refractivity contribution in [2.45, 2.75) is 51.5 Å². The number of amides is 1. The number of hydrogen-bond donors (Lipinski definition) is 3. The average Bonchev–Trinajstić information content (AvgIpc) is 3.83. The van der Waals surface area contributed by atoms with Gasteiger partial charge in [-0.05, 0) is 59.4 Å². The Kier molecular flexibility index (Phi) is 7.51. The molecule has 3 N–H and O–H groups in total. The molecule has 3 aromatic rings. The van der Waals surface area contributed by atoms with Crippen LogP contribution in [0.4, 0.5) is 11.5 Å². The van der Waals surface area contributed by atoms with Gasteiger partial charge < -0.3 is 15.2 Å². The van der Waals surface area contributed by atoms with Crippen LogP contribution in [0.25, 0.3) is 5.57 Å². The molecule has 1 fully saturated rings. The first-order chi connectivity index (χ1) is 22.1. The van der Waals surface area contributed by atoms with Gasteiger partial charge in [0.2, 0.25) is 5.91 Å². The van der Waals surface area contributed by atoms with E-state index >= 15 is 0 Å². The number of carbonyl (C=O) groups excluding carboxylic acids is 1. The standard InChI is InChI=1S/C35H36BClN7O/c37-21-32(45)38-28-12-10-26(11-13-28)35-30-14-16-33(41-19-18-25-8-4-5-9-27(25)22-41)43(30)36-44-31(35)15-17-34(44)42-23-29(39-40-42)20-24-6-2-1-3-7-24/h4-5,8-17,23-24,39-40H,1-3,6-7,18-22H2/p+1. The molecule has 8 nitrogen and oxygen atoms in total. The van der Waals surface area contributed by atoms with E-state index in [9.17, 15) is 4.79 Å². The van der Waals surface area contributed by atoms with Gasteiger partial charge in [0.05, 0.1) is 6.54 Å². The highest BCUT2D eigenvalue weighted by molar-refractivity contribution is 6.41. The number of aromatic nitrogens is 1. The average molecular weight is 618 g/mol. The summed E-state index contributed by atoms with van der Waals surface area (Å²) in [5.74, 6) is 2.68. The van der Waals surface area contributed by atoms with Crippen LogP contribution in [0.15, 0.2) is 90.4 Å². The summed E-state index contributed by atoms with van der Waals surface area (Å²) in [5, 5.41) is 4.96. The van der Waals surface area contributed by atoms with Crippen LogP contribution in [-0.2, 0) is 17.8 Å². The SMILES string of the molecule is O=C(CCl)Nc1ccc(C2=C3C=CC(=[N+]4CCc5ccccc5C4)N3[B]n3c2ccc3N2C=C(CC3CCCCC3)NN2)cc1. The lowest BCUT2D eigenvalue weighted by molar-refractivity contribution is -0.550. The van der Waals surface area contributed by atoms with E-state index in [0.717, 1.165) is 65.9 Å². The Morgan fingerprint density at radius 3 is 2.64 bits per heavy atom. The van der Waals surface area contributed by atoms with Crippen LogP contribution in [0.3, 0.4) is 0 Å². The topological polar surface area (TPSA) is 67.6 Å². The number of amidine groups is 1. The van der Waals surface area contributed by atoms with Crippen LogP contribution in [0, 0.1) is 5.92 Å². The molecule has 1 saturated carbocycles. The van der Waals surface area contributed by atoms with Gasteiger partial charge in [0.1, 0.15) is 23.9 Å². The summed E-state index contributed by atoms with van der Waals surface area (Å²) in [6.45, 7) is 1.85. The molecular formula is C35H37BClN7O+. The van der Waals surface area contributed by atoms with Gasteiger partial charge in [-0.3, -0.25) is 14.2 Å². The van der Waals surface area contributed by atoms with Gasteiger partial charge in [-0.15, -0.1) is 17.1 Å². The quantitative estimate of drug-likeness (QED) is 0.194. The largest absolute Gasteiger partial charge is 0.553 e. The second-order valence-corrected chi connectivity index (χ2v) is 12.8. The van der Waals surface area contributed by atoms with Crippen molar-refractivity contribution >= 4 is 48.0 Å². The van der Waals surface area contributed by atoms with Gasteiger partial charge in [-0.2, -0.15) is 0 Å². The van der Waals surface area contributed by atoms with E-state index in [1.54, 1.807) is 0 Å². The lowest BCUT2D eigenvalue weighted by atomic mass is 9.86. The number of carbonyl (C=O) groups is 1. The van der Waals surface area contributed by atoms with Crippen molar-refractivity contribution in [3.8, 4) is 0 Å². The van der Waals surface area contributed by atoms with Crippen LogP contribution in [0.2, 0.25) is 0 Å². The molecule has 5 heterocycles. The Bertz CT molecular complexity index is 1770. The van der Waals surface area contributed by atoms with Crippen molar-refractivity contribution in [3.63, 3.8) is 0 Å². The summed E-state index contributed by atoms with van der Waals surface area (Å²) < 4.78 is 4.76. The van der Waals surface area contributed by atoms with Gasteiger partial charge in [0.25, 0.3) is 5.84 Å². The molecule has 5 aliphatic rings. The number of benzene rings is 2. The van der Waals surface area contributed by atoms with Crippen molar-refractivity contribution < 1.29 is 9.37 Å². The monoisotopic (exact) mass is 617 g/mol. The molecule has 0 unspecified atom stereocenters. The van der Waals surface area contributed by atoms with Crippen LogP contribution in [0.1, 0.15) is 60.9 Å². The van der Waals surface area contributed by atoms with E-state index in [2.05, 4.69) is 110 Å². The van der Waals surface area contributed by atoms with Gasteiger partial charge >= 0.3 is 7.55 Å². The number of hydrogen-bond acceptors (Lipinski definition) is 4. The molecule has 1 aromatic heterocycles. The zero-order valence-corrected chi connectivity index (χ0v) is 26.1. The predicted molar refractivity (Wildman–Crippen MR) is 180 cm³/mol. The third kappa shape index (κ3) is 5.38. The molecular weight excluding hydrogens is 581 g/mol. The second-order valence-electron chi connectivity index (χ2n) is 12.6. The van der Waals surface area contributed by atoms with Gasteiger partial charge in [-0.1, -0.05) is 68.5 Å². The van der Waals surface area contributed by atoms with E-state index in [1.165, 1.54) is 54.8 Å². The van der Waals surface area contributed by atoms with Crippen LogP contribution in [-0.4, -0.2) is 45.6 Å². The van der Waals surface area contributed by atoms with E-state index in [-0.39, 0.29) is 11.8 Å². The lowest BCUT2D eigenvalue weighted by Crippen LogP contribution is -2.45. The number of fused-ring (bicyclic) bond motifs is 3. The Hall–Kier alpha value is -4.21. The van der Waals surface area contributed by atoms with Crippen LogP contribution in [0.5, 0.6) is 0 Å². The number of rotatable bonds is 6. The number of alkyl halides is 1. The summed E-state index contributed by atoms with van der Waals surface area (Å²) in [5.41, 5.74) is 16.1. The second kappa shape index (κ2) is 12.0. The minimum absolute atomic E-state index is 0.0707. The Balaban J connectivity index is 1.16. The van der Waals surface area contributed by atoms with Gasteiger partial charge in [0, 0.05) is 41.3 Å². The number of nitrogens with zero attached hydrogens (tertiary/aromatic N) is 4. The number of nitrogens with one attached hydrogen (secondary N) is 3. The lowest BCUT2D eigenvalue weighted by Gasteiger charge is -2.29. The van der Waals surface area contributed by atoms with E-state index in [0.29, 0.717) is 0 Å². The molecule has 0 atom stereocenters. The van der Waals surface area contributed by atoms with E-state index in [4.69, 9.17) is 11.6 Å². The van der Waals surface area contributed by atoms with E-state index in [1.807, 2.05) is 12.1 Å². The first kappa shape index (κ1) is 28.3. The Labute approximate surface area is 270 Å². The number of halogens is 1. The summed E-state index contributed by atoms with van der Waals surface area (Å²) in [7, 11) is 2.23. The van der Waals surface area contributed by atoms with Gasteiger partial charge in [-0.25, -0.2) is 5.01 Å². The van der Waals surface area contributed by atoms with Gasteiger partial charge in [0.15, 0.2) is 0 Å². The molecule has 0 saturated heterocycles. The molecule has 10 heteroatoms. The highest BCUT2D eigenvalue weighted by Gasteiger charge is 2.41. The minimum atomic E-state index is -0.216. The molecule has 8 rings (SSSR count). The normalized spacial score (nSPS) is 20.8. The van der Waals surface area contributed by atoms with Crippen molar-refractivity contribution in [3.05, 3.63) is 113 Å². The minimum Gasteiger partial charge on any atom is -0.329 e. The molecule has 45 heavy (non-hydrogen) atoms. The van der Waals surface area contributed by atoms with Crippen LogP contribution < -0.4 is 21.3 Å². The number of anilines is 2. The fourth-order valence-corrected chi connectivity index (χ4v) is 7.48. The molecule has 0 spiro atoms. The van der Waals surface area contributed by atoms with Crippen molar-refractivity contribution in [1.82, 2.24) is 20.2 Å². The molecule has 0 bridgehead atoms. The highest BCUT2D eigenvalue weighted by Crippen LogP contribution is 2.39. The maximum absolute atomic E-state index is 11.9. The summed E-state index contributed by atoms with van der Waals surface area (Å²) >= 11 is 5.73. The maximum Gasteiger partial charge on any atom is 0.553 e. The number of hydrazine groups is 2. The summed E-state index contributed by atoms with van der Waals surface area (Å²) in [6.07, 6.45) is 15.5. The zero-order chi connectivity index (χ0) is 30.3. The predicted octanol–water partition coefficient (Wildman–Crippen LogP) is 5.50. The number of allylic oxidation sites excluding steroid dienone is 2. The molecule has 2 aromatic carbocycles. The van der Waals surface area contributed by atoms with Crippen molar-refractivity contribution in [2.24, 2.45) is 5.92 Å². The molecule has 4 aliphatic heterocycles. The first-order valence-electron chi connectivity index (χ1n) is 16.1. The Morgan fingerprint density at radius 1 is 1.00 bits per heavy atom. The summed E-state index contributed by atoms with van der Waals surface area (Å²) in [4.78, 5) is 14.2. The fraction of sp³-hybridized carbons (Fsp3) is 0.314. The first-order valence-corrected chi connectivity index (χ1v) is 16.6.